The summed E-state index contributed by atoms with van der Waals surface area (Å²) in [5.41, 5.74) is 4.67. The lowest BCUT2D eigenvalue weighted by molar-refractivity contribution is 0.0958. The lowest BCUT2D eigenvalue weighted by Crippen LogP contribution is -2.27. The van der Waals surface area contributed by atoms with Crippen LogP contribution in [-0.4, -0.2) is 31.4 Å². The standard InChI is InChI=1S/C22H29ClN6O/c1-12-9-19(13(2)8-17(12)15-4-6-16(30)7-5-15)25-22-24-11-18(23)21(27-22)26-20-10-14(3)28-29-20/h9-11,15-17,30H,4-8H2,1-3H3,(H3,24,25,26,27,28,29). The molecule has 0 radical (unpaired) electrons. The van der Waals surface area contributed by atoms with Crippen molar-refractivity contribution in [3.63, 3.8) is 0 Å². The number of hydrogen-bond acceptors (Lipinski definition) is 6. The van der Waals surface area contributed by atoms with Crippen LogP contribution in [0.25, 0.3) is 0 Å². The fraction of sp³-hybridized carbons (Fsp3) is 0.500. The van der Waals surface area contributed by atoms with E-state index in [4.69, 9.17) is 11.6 Å². The number of aliphatic hydroxyl groups is 1. The van der Waals surface area contributed by atoms with E-state index in [1.54, 1.807) is 6.20 Å². The normalized spacial score (nSPS) is 24.6. The maximum atomic E-state index is 9.82. The Morgan fingerprint density at radius 1 is 1.13 bits per heavy atom. The number of anilines is 3. The highest BCUT2D eigenvalue weighted by Crippen LogP contribution is 2.40. The molecular formula is C22H29ClN6O. The Morgan fingerprint density at radius 2 is 1.90 bits per heavy atom. The van der Waals surface area contributed by atoms with E-state index in [9.17, 15) is 5.11 Å². The minimum atomic E-state index is -0.113. The van der Waals surface area contributed by atoms with Crippen LogP contribution in [-0.2, 0) is 0 Å². The van der Waals surface area contributed by atoms with Gasteiger partial charge in [-0.3, -0.25) is 5.10 Å². The molecule has 4 rings (SSSR count). The largest absolute Gasteiger partial charge is 0.393 e. The van der Waals surface area contributed by atoms with Crippen molar-refractivity contribution in [1.29, 1.82) is 0 Å². The second-order valence-corrected chi connectivity index (χ2v) is 8.95. The number of halogens is 1. The molecule has 0 aliphatic heterocycles. The summed E-state index contributed by atoms with van der Waals surface area (Å²) >= 11 is 6.27. The zero-order chi connectivity index (χ0) is 21.3. The van der Waals surface area contributed by atoms with Gasteiger partial charge in [0.1, 0.15) is 5.02 Å². The van der Waals surface area contributed by atoms with E-state index in [2.05, 4.69) is 50.7 Å². The number of nitrogens with one attached hydrogen (secondary N) is 3. The number of aromatic nitrogens is 4. The van der Waals surface area contributed by atoms with Gasteiger partial charge < -0.3 is 15.7 Å². The number of aromatic amines is 1. The molecule has 160 valence electrons. The summed E-state index contributed by atoms with van der Waals surface area (Å²) < 4.78 is 0. The van der Waals surface area contributed by atoms with Gasteiger partial charge in [-0.2, -0.15) is 10.1 Å². The van der Waals surface area contributed by atoms with Crippen molar-refractivity contribution in [3.8, 4) is 0 Å². The van der Waals surface area contributed by atoms with Gasteiger partial charge >= 0.3 is 0 Å². The molecule has 2 aromatic rings. The molecule has 0 spiro atoms. The molecule has 0 amide bonds. The van der Waals surface area contributed by atoms with Crippen molar-refractivity contribution >= 4 is 29.2 Å². The summed E-state index contributed by atoms with van der Waals surface area (Å²) in [6.45, 7) is 6.30. The smallest absolute Gasteiger partial charge is 0.229 e. The van der Waals surface area contributed by atoms with Gasteiger partial charge in [-0.05, 0) is 76.4 Å². The van der Waals surface area contributed by atoms with Gasteiger partial charge in [-0.1, -0.05) is 17.2 Å². The highest BCUT2D eigenvalue weighted by molar-refractivity contribution is 6.32. The average molecular weight is 429 g/mol. The van der Waals surface area contributed by atoms with Crippen molar-refractivity contribution in [2.45, 2.75) is 59.0 Å². The SMILES string of the molecule is CC1=CC(Nc2ncc(Cl)c(Nc3cc(C)[nH]n3)n2)=C(C)CC1C1CCC(O)CC1. The van der Waals surface area contributed by atoms with Crippen LogP contribution in [0, 0.1) is 18.8 Å². The van der Waals surface area contributed by atoms with E-state index in [1.807, 2.05) is 13.0 Å². The predicted molar refractivity (Wildman–Crippen MR) is 120 cm³/mol. The Hall–Kier alpha value is -2.38. The Bertz CT molecular complexity index is 974. The molecule has 0 saturated heterocycles. The molecule has 0 aromatic carbocycles. The van der Waals surface area contributed by atoms with Gasteiger partial charge in [0.25, 0.3) is 0 Å². The van der Waals surface area contributed by atoms with Crippen LogP contribution in [0.2, 0.25) is 5.02 Å². The van der Waals surface area contributed by atoms with Crippen LogP contribution < -0.4 is 10.6 Å². The van der Waals surface area contributed by atoms with Crippen molar-refractivity contribution in [2.75, 3.05) is 10.6 Å². The third kappa shape index (κ3) is 4.68. The lowest BCUT2D eigenvalue weighted by Gasteiger charge is -2.35. The molecule has 2 heterocycles. The quantitative estimate of drug-likeness (QED) is 0.528. The molecule has 8 heteroatoms. The van der Waals surface area contributed by atoms with Gasteiger partial charge in [0.05, 0.1) is 12.3 Å². The monoisotopic (exact) mass is 428 g/mol. The number of hydrogen-bond donors (Lipinski definition) is 4. The third-order valence-corrected chi connectivity index (χ3v) is 6.47. The molecule has 1 atom stereocenters. The molecule has 1 unspecified atom stereocenters. The van der Waals surface area contributed by atoms with Crippen LogP contribution in [0.3, 0.4) is 0 Å². The molecule has 1 fully saturated rings. The van der Waals surface area contributed by atoms with Gasteiger partial charge in [0.15, 0.2) is 11.6 Å². The van der Waals surface area contributed by atoms with E-state index in [0.29, 0.717) is 34.4 Å². The lowest BCUT2D eigenvalue weighted by atomic mass is 9.72. The van der Waals surface area contributed by atoms with Crippen molar-refractivity contribution in [1.82, 2.24) is 20.2 Å². The van der Waals surface area contributed by atoms with E-state index >= 15 is 0 Å². The molecule has 7 nitrogen and oxygen atoms in total. The second kappa shape index (κ2) is 8.78. The number of aliphatic hydroxyl groups excluding tert-OH is 1. The third-order valence-electron chi connectivity index (χ3n) is 6.20. The molecule has 2 aliphatic rings. The fourth-order valence-corrected chi connectivity index (χ4v) is 4.62. The number of H-pyrrole nitrogens is 1. The van der Waals surface area contributed by atoms with E-state index < -0.39 is 0 Å². The zero-order valence-corrected chi connectivity index (χ0v) is 18.4. The maximum absolute atomic E-state index is 9.82. The second-order valence-electron chi connectivity index (χ2n) is 8.54. The van der Waals surface area contributed by atoms with Gasteiger partial charge in [-0.15, -0.1) is 0 Å². The zero-order valence-electron chi connectivity index (χ0n) is 17.7. The summed E-state index contributed by atoms with van der Waals surface area (Å²) in [4.78, 5) is 8.88. The minimum absolute atomic E-state index is 0.113. The van der Waals surface area contributed by atoms with Crippen LogP contribution in [0.5, 0.6) is 0 Å². The highest BCUT2D eigenvalue weighted by atomic mass is 35.5. The number of rotatable bonds is 5. The van der Waals surface area contributed by atoms with E-state index in [1.165, 1.54) is 11.1 Å². The summed E-state index contributed by atoms with van der Waals surface area (Å²) in [6.07, 6.45) is 8.78. The summed E-state index contributed by atoms with van der Waals surface area (Å²) in [7, 11) is 0. The average Bonchev–Trinajstić information content (AvgIpc) is 3.12. The first-order valence-electron chi connectivity index (χ1n) is 10.5. The van der Waals surface area contributed by atoms with Crippen LogP contribution in [0.1, 0.15) is 51.6 Å². The Balaban J connectivity index is 1.47. The number of allylic oxidation sites excluding steroid dienone is 3. The van der Waals surface area contributed by atoms with Crippen LogP contribution >= 0.6 is 11.6 Å². The summed E-state index contributed by atoms with van der Waals surface area (Å²) in [5.74, 6) is 2.86. The Labute approximate surface area is 182 Å². The first-order chi connectivity index (χ1) is 14.4. The topological polar surface area (TPSA) is 98.8 Å². The van der Waals surface area contributed by atoms with Gasteiger partial charge in [0, 0.05) is 17.5 Å². The Morgan fingerprint density at radius 3 is 2.60 bits per heavy atom. The molecule has 4 N–H and O–H groups in total. The van der Waals surface area contributed by atoms with E-state index in [-0.39, 0.29) is 6.10 Å². The fourth-order valence-electron chi connectivity index (χ4n) is 4.48. The molecule has 0 bridgehead atoms. The van der Waals surface area contributed by atoms with Crippen LogP contribution in [0.4, 0.5) is 17.6 Å². The number of aryl methyl sites for hydroxylation is 1. The van der Waals surface area contributed by atoms with E-state index in [0.717, 1.165) is 43.5 Å². The predicted octanol–water partition coefficient (Wildman–Crippen LogP) is 5.11. The first-order valence-corrected chi connectivity index (χ1v) is 10.9. The van der Waals surface area contributed by atoms with Gasteiger partial charge in [0.2, 0.25) is 5.95 Å². The molecule has 1 saturated carbocycles. The maximum Gasteiger partial charge on any atom is 0.229 e. The van der Waals surface area contributed by atoms with Crippen molar-refractivity contribution < 1.29 is 5.11 Å². The van der Waals surface area contributed by atoms with Crippen molar-refractivity contribution in [2.24, 2.45) is 11.8 Å². The first kappa shape index (κ1) is 20.9. The molecule has 2 aliphatic carbocycles. The molecular weight excluding hydrogens is 400 g/mol. The summed E-state index contributed by atoms with van der Waals surface area (Å²) in [6, 6.07) is 1.88. The summed E-state index contributed by atoms with van der Waals surface area (Å²) in [5, 5.41) is 23.8. The number of nitrogens with zero attached hydrogens (tertiary/aromatic N) is 3. The Kier molecular flexibility index (Phi) is 6.11. The van der Waals surface area contributed by atoms with Crippen molar-refractivity contribution in [3.05, 3.63) is 45.9 Å². The highest BCUT2D eigenvalue weighted by Gasteiger charge is 2.30. The molecule has 2 aromatic heterocycles. The molecule has 30 heavy (non-hydrogen) atoms. The minimum Gasteiger partial charge on any atom is -0.393 e. The van der Waals surface area contributed by atoms with Crippen LogP contribution in [0.15, 0.2) is 35.2 Å². The van der Waals surface area contributed by atoms with Gasteiger partial charge in [-0.25, -0.2) is 4.98 Å².